The molecule has 1 saturated carbocycles. The summed E-state index contributed by atoms with van der Waals surface area (Å²) in [7, 11) is 0. The predicted octanol–water partition coefficient (Wildman–Crippen LogP) is 2.69. The Hall–Kier alpha value is -2.82. The van der Waals surface area contributed by atoms with Crippen molar-refractivity contribution in [1.82, 2.24) is 0 Å². The van der Waals surface area contributed by atoms with Crippen LogP contribution in [0.3, 0.4) is 0 Å². The van der Waals surface area contributed by atoms with Gasteiger partial charge in [-0.15, -0.1) is 0 Å². The van der Waals surface area contributed by atoms with Gasteiger partial charge in [0.05, 0.1) is 0 Å². The van der Waals surface area contributed by atoms with Crippen LogP contribution in [0.1, 0.15) is 11.1 Å². The number of benzene rings is 2. The van der Waals surface area contributed by atoms with Gasteiger partial charge < -0.3 is 10.2 Å². The summed E-state index contributed by atoms with van der Waals surface area (Å²) in [6.45, 7) is 0. The van der Waals surface area contributed by atoms with E-state index in [0.29, 0.717) is 0 Å². The molecular formula is C26H24O4. The highest BCUT2D eigenvalue weighted by Gasteiger charge is 2.65. The molecule has 152 valence electrons. The zero-order valence-corrected chi connectivity index (χ0v) is 16.5. The van der Waals surface area contributed by atoms with Gasteiger partial charge in [-0.2, -0.15) is 0 Å². The number of allylic oxidation sites excluding steroid dienone is 2. The van der Waals surface area contributed by atoms with Gasteiger partial charge in [0.2, 0.25) is 0 Å². The topological polar surface area (TPSA) is 74.6 Å². The molecule has 0 amide bonds. The Labute approximate surface area is 175 Å². The quantitative estimate of drug-likeness (QED) is 0.774. The van der Waals surface area contributed by atoms with E-state index < -0.39 is 29.0 Å². The summed E-state index contributed by atoms with van der Waals surface area (Å²) in [6.07, 6.45) is 7.19. The van der Waals surface area contributed by atoms with Gasteiger partial charge in [-0.05, 0) is 23.1 Å². The molecule has 2 bridgehead atoms. The summed E-state index contributed by atoms with van der Waals surface area (Å²) in [5.74, 6) is -2.61. The van der Waals surface area contributed by atoms with Gasteiger partial charge in [-0.3, -0.25) is 9.59 Å². The molecule has 0 aliphatic heterocycles. The van der Waals surface area contributed by atoms with E-state index in [-0.39, 0.29) is 30.3 Å². The lowest BCUT2D eigenvalue weighted by molar-refractivity contribution is -0.180. The van der Waals surface area contributed by atoms with Crippen molar-refractivity contribution in [2.45, 2.75) is 24.0 Å². The Morgan fingerprint density at radius 1 is 0.733 bits per heavy atom. The Bertz CT molecular complexity index is 1040. The van der Waals surface area contributed by atoms with E-state index in [1.54, 1.807) is 6.08 Å². The molecule has 2 N–H and O–H groups in total. The van der Waals surface area contributed by atoms with Crippen molar-refractivity contribution in [3.05, 3.63) is 96.1 Å². The summed E-state index contributed by atoms with van der Waals surface area (Å²) in [4.78, 5) is 26.3. The number of fused-ring (bicyclic) bond motifs is 1. The second kappa shape index (κ2) is 6.86. The Balaban J connectivity index is 1.58. The summed E-state index contributed by atoms with van der Waals surface area (Å²) in [5.41, 5.74) is -1.60. The lowest BCUT2D eigenvalue weighted by atomic mass is 9.48. The summed E-state index contributed by atoms with van der Waals surface area (Å²) in [5, 5.41) is 23.4. The fraction of sp³-hybridized carbons (Fsp3) is 0.308. The highest BCUT2D eigenvalue weighted by Crippen LogP contribution is 2.55. The van der Waals surface area contributed by atoms with Gasteiger partial charge in [0.25, 0.3) is 0 Å². The van der Waals surface area contributed by atoms with Gasteiger partial charge in [-0.25, -0.2) is 0 Å². The average molecular weight is 400 g/mol. The number of rotatable bonds is 4. The maximum absolute atomic E-state index is 13.3. The Kier molecular flexibility index (Phi) is 4.38. The zero-order chi connectivity index (χ0) is 20.9. The summed E-state index contributed by atoms with van der Waals surface area (Å²) in [6, 6.07) is 18.8. The number of carbonyl (C=O) groups excluding carboxylic acids is 2. The number of hydrogen-bond donors (Lipinski definition) is 2. The first-order valence-corrected chi connectivity index (χ1v) is 10.4. The fourth-order valence-corrected chi connectivity index (χ4v) is 5.71. The van der Waals surface area contributed by atoms with Gasteiger partial charge in [0, 0.05) is 30.6 Å². The highest BCUT2D eigenvalue weighted by atomic mass is 16.3. The molecule has 1 fully saturated rings. The maximum atomic E-state index is 13.3. The van der Waals surface area contributed by atoms with E-state index >= 15 is 0 Å². The second-order valence-corrected chi connectivity index (χ2v) is 8.80. The van der Waals surface area contributed by atoms with E-state index in [1.807, 2.05) is 72.8 Å². The largest absolute Gasteiger partial charge is 0.381 e. The molecule has 0 radical (unpaired) electrons. The molecule has 4 heteroatoms. The van der Waals surface area contributed by atoms with Crippen LogP contribution >= 0.6 is 0 Å². The molecule has 0 unspecified atom stereocenters. The smallest absolute Gasteiger partial charge is 0.187 e. The van der Waals surface area contributed by atoms with Crippen molar-refractivity contribution in [3.63, 3.8) is 0 Å². The standard InChI is InChI=1S/C26H24O4/c27-22-14-12-19-20-11-13-21(23(19)26(22,30)16-18-9-5-2-6-10-18)25(29,24(20)28)15-17-7-3-1-4-8-17/h1-14,19-21,23,29-30H,15-16H2/t19-,20+,21-,23-,25+,26-/m0/s1. The number of carbonyl (C=O) groups is 2. The maximum Gasteiger partial charge on any atom is 0.187 e. The van der Waals surface area contributed by atoms with Gasteiger partial charge in [0.1, 0.15) is 11.2 Å². The first-order valence-electron chi connectivity index (χ1n) is 10.4. The third-order valence-corrected chi connectivity index (χ3v) is 7.10. The first kappa shape index (κ1) is 19.2. The van der Waals surface area contributed by atoms with Crippen LogP contribution in [0.5, 0.6) is 0 Å². The van der Waals surface area contributed by atoms with Crippen LogP contribution in [-0.4, -0.2) is 33.0 Å². The van der Waals surface area contributed by atoms with Crippen LogP contribution in [0.4, 0.5) is 0 Å². The van der Waals surface area contributed by atoms with Crippen LogP contribution in [0.15, 0.2) is 85.0 Å². The van der Waals surface area contributed by atoms with Crippen molar-refractivity contribution in [2.24, 2.45) is 23.7 Å². The normalized spacial score (nSPS) is 36.7. The zero-order valence-electron chi connectivity index (χ0n) is 16.5. The SMILES string of the molecule is O=C1C=C[C@@H]2[C@@H]([C@@H]3C=C[C@H]2C(=O)[C@@]3(O)Cc2ccccc2)[C@]1(O)Cc1ccccc1. The van der Waals surface area contributed by atoms with Crippen molar-refractivity contribution in [1.29, 1.82) is 0 Å². The molecule has 0 heterocycles. The van der Waals surface area contributed by atoms with Crippen LogP contribution in [0, 0.1) is 23.7 Å². The predicted molar refractivity (Wildman–Crippen MR) is 112 cm³/mol. The highest BCUT2D eigenvalue weighted by molar-refractivity contribution is 6.01. The first-order chi connectivity index (χ1) is 14.4. The molecule has 4 nitrogen and oxygen atoms in total. The summed E-state index contributed by atoms with van der Waals surface area (Å²) < 4.78 is 0. The van der Waals surface area contributed by atoms with E-state index in [1.165, 1.54) is 6.08 Å². The average Bonchev–Trinajstić information content (AvgIpc) is 2.75. The van der Waals surface area contributed by atoms with E-state index in [0.717, 1.165) is 11.1 Å². The van der Waals surface area contributed by atoms with Crippen molar-refractivity contribution in [3.8, 4) is 0 Å². The molecule has 2 aromatic rings. The molecule has 30 heavy (non-hydrogen) atoms. The lowest BCUT2D eigenvalue weighted by Crippen LogP contribution is -2.68. The van der Waals surface area contributed by atoms with E-state index in [9.17, 15) is 19.8 Å². The minimum atomic E-state index is -1.67. The molecule has 4 aliphatic rings. The van der Waals surface area contributed by atoms with Crippen LogP contribution in [0.25, 0.3) is 0 Å². The molecule has 0 spiro atoms. The third-order valence-electron chi connectivity index (χ3n) is 7.10. The van der Waals surface area contributed by atoms with Crippen molar-refractivity contribution < 1.29 is 19.8 Å². The Morgan fingerprint density at radius 3 is 1.90 bits per heavy atom. The summed E-state index contributed by atoms with van der Waals surface area (Å²) >= 11 is 0. The van der Waals surface area contributed by atoms with Crippen LogP contribution in [0.2, 0.25) is 0 Å². The minimum absolute atomic E-state index is 0.158. The molecule has 6 atom stereocenters. The molecule has 0 aromatic heterocycles. The second-order valence-electron chi connectivity index (χ2n) is 8.80. The van der Waals surface area contributed by atoms with E-state index in [4.69, 9.17) is 0 Å². The molecule has 4 aliphatic carbocycles. The van der Waals surface area contributed by atoms with Gasteiger partial charge in [-0.1, -0.05) is 78.9 Å². The lowest BCUT2D eigenvalue weighted by Gasteiger charge is -2.57. The molecule has 2 aromatic carbocycles. The molecular weight excluding hydrogens is 376 g/mol. The van der Waals surface area contributed by atoms with Crippen LogP contribution < -0.4 is 0 Å². The fourth-order valence-electron chi connectivity index (χ4n) is 5.71. The number of Topliss-reactive ketones (excluding diaryl/α,β-unsaturated/α-hetero) is 1. The van der Waals surface area contributed by atoms with E-state index in [2.05, 4.69) is 0 Å². The van der Waals surface area contributed by atoms with Crippen LogP contribution in [-0.2, 0) is 22.4 Å². The molecule has 0 saturated heterocycles. The van der Waals surface area contributed by atoms with Crippen molar-refractivity contribution >= 4 is 11.6 Å². The number of aliphatic hydroxyl groups is 2. The minimum Gasteiger partial charge on any atom is -0.381 e. The third kappa shape index (κ3) is 2.75. The van der Waals surface area contributed by atoms with Gasteiger partial charge in [0.15, 0.2) is 11.6 Å². The number of hydrogen-bond acceptors (Lipinski definition) is 4. The van der Waals surface area contributed by atoms with Crippen molar-refractivity contribution in [2.75, 3.05) is 0 Å². The van der Waals surface area contributed by atoms with Gasteiger partial charge >= 0.3 is 0 Å². The molecule has 6 rings (SSSR count). The monoisotopic (exact) mass is 400 g/mol. The number of ketones is 2. The Morgan fingerprint density at radius 2 is 1.30 bits per heavy atom.